The summed E-state index contributed by atoms with van der Waals surface area (Å²) >= 11 is 0. The number of esters is 1. The molecule has 1 amide bonds. The van der Waals surface area contributed by atoms with E-state index in [-0.39, 0.29) is 16.2 Å². The Kier molecular flexibility index (Phi) is 6.38. The molecule has 30 heavy (non-hydrogen) atoms. The highest BCUT2D eigenvalue weighted by molar-refractivity contribution is 7.89. The second-order valence-corrected chi connectivity index (χ2v) is 8.00. The number of hydrogen-bond acceptors (Lipinski definition) is 6. The first kappa shape index (κ1) is 21.3. The summed E-state index contributed by atoms with van der Waals surface area (Å²) in [5, 5.41) is 8.84. The van der Waals surface area contributed by atoms with Crippen molar-refractivity contribution in [2.75, 3.05) is 20.3 Å². The summed E-state index contributed by atoms with van der Waals surface area (Å²) in [6.45, 7) is -0.155. The zero-order valence-electron chi connectivity index (χ0n) is 16.2. The summed E-state index contributed by atoms with van der Waals surface area (Å²) in [6, 6.07) is 11.4. The van der Waals surface area contributed by atoms with Gasteiger partial charge >= 0.3 is 5.97 Å². The Hall–Kier alpha value is -3.37. The fourth-order valence-corrected chi connectivity index (χ4v) is 3.50. The monoisotopic (exact) mass is 431 g/mol. The summed E-state index contributed by atoms with van der Waals surface area (Å²) < 4.78 is 33.0. The maximum absolute atomic E-state index is 12.3. The van der Waals surface area contributed by atoms with Gasteiger partial charge in [-0.25, -0.2) is 18.4 Å². The quantitative estimate of drug-likeness (QED) is 0.460. The van der Waals surface area contributed by atoms with E-state index in [1.54, 1.807) is 0 Å². The number of aromatic nitrogens is 1. The van der Waals surface area contributed by atoms with Crippen molar-refractivity contribution in [2.24, 2.45) is 5.14 Å². The van der Waals surface area contributed by atoms with Crippen LogP contribution in [0.3, 0.4) is 0 Å². The highest BCUT2D eigenvalue weighted by atomic mass is 32.2. The molecule has 0 aliphatic heterocycles. The van der Waals surface area contributed by atoms with Crippen LogP contribution < -0.4 is 15.2 Å². The molecule has 10 heteroatoms. The zero-order chi connectivity index (χ0) is 21.7. The summed E-state index contributed by atoms with van der Waals surface area (Å²) in [4.78, 5) is 27.2. The van der Waals surface area contributed by atoms with Crippen LogP contribution in [-0.2, 0) is 26.0 Å². The fraction of sp³-hybridized carbons (Fsp3) is 0.200. The van der Waals surface area contributed by atoms with Gasteiger partial charge in [0.1, 0.15) is 11.3 Å². The number of para-hydroxylation sites is 1. The van der Waals surface area contributed by atoms with Crippen LogP contribution in [-0.4, -0.2) is 45.5 Å². The molecule has 1 heterocycles. The summed E-state index contributed by atoms with van der Waals surface area (Å²) in [6.07, 6.45) is 2.50. The van der Waals surface area contributed by atoms with Gasteiger partial charge in [-0.3, -0.25) is 4.79 Å². The highest BCUT2D eigenvalue weighted by Crippen LogP contribution is 2.23. The van der Waals surface area contributed by atoms with Crippen molar-refractivity contribution in [3.63, 3.8) is 0 Å². The number of primary sulfonamides is 1. The number of ether oxygens (including phenoxy) is 2. The minimum absolute atomic E-state index is 0.104. The number of carbonyl (C=O) groups is 2. The lowest BCUT2D eigenvalue weighted by molar-refractivity contribution is -0.124. The van der Waals surface area contributed by atoms with Crippen LogP contribution in [0, 0.1) is 0 Å². The fourth-order valence-electron chi connectivity index (χ4n) is 2.96. The molecule has 4 N–H and O–H groups in total. The van der Waals surface area contributed by atoms with E-state index in [0.29, 0.717) is 13.0 Å². The molecule has 1 aromatic heterocycles. The van der Waals surface area contributed by atoms with Crippen molar-refractivity contribution in [3.05, 3.63) is 59.8 Å². The summed E-state index contributed by atoms with van der Waals surface area (Å²) in [7, 11) is -2.69. The van der Waals surface area contributed by atoms with E-state index < -0.39 is 28.5 Å². The van der Waals surface area contributed by atoms with Crippen LogP contribution in [0.4, 0.5) is 0 Å². The smallest absolute Gasteiger partial charge is 0.342 e. The van der Waals surface area contributed by atoms with E-state index in [4.69, 9.17) is 14.6 Å². The lowest BCUT2D eigenvalue weighted by Crippen LogP contribution is -2.30. The first-order valence-electron chi connectivity index (χ1n) is 8.99. The molecule has 2 aromatic carbocycles. The zero-order valence-corrected chi connectivity index (χ0v) is 17.0. The Balaban J connectivity index is 1.55. The molecule has 0 radical (unpaired) electrons. The lowest BCUT2D eigenvalue weighted by atomic mass is 10.1. The van der Waals surface area contributed by atoms with Crippen LogP contribution in [0.15, 0.2) is 53.6 Å². The molecular formula is C20H21N3O6S. The van der Waals surface area contributed by atoms with Gasteiger partial charge in [0.05, 0.1) is 12.0 Å². The number of nitrogens with two attached hydrogens (primary N) is 1. The topological polar surface area (TPSA) is 141 Å². The van der Waals surface area contributed by atoms with Crippen LogP contribution >= 0.6 is 0 Å². The number of aromatic amines is 1. The minimum Gasteiger partial charge on any atom is -0.496 e. The van der Waals surface area contributed by atoms with E-state index in [9.17, 15) is 18.0 Å². The SMILES string of the molecule is COc1ccc(S(N)(=O)=O)cc1C(=O)OCC(=O)NCCc1c[nH]c2ccccc12. The molecular weight excluding hydrogens is 410 g/mol. The molecule has 0 spiro atoms. The first-order chi connectivity index (χ1) is 14.3. The Morgan fingerprint density at radius 1 is 1.17 bits per heavy atom. The van der Waals surface area contributed by atoms with Gasteiger partial charge in [0.15, 0.2) is 6.61 Å². The van der Waals surface area contributed by atoms with Gasteiger partial charge in [-0.1, -0.05) is 18.2 Å². The Morgan fingerprint density at radius 3 is 2.67 bits per heavy atom. The standard InChI is InChI=1S/C20H21N3O6S/c1-28-18-7-6-14(30(21,26)27)10-16(18)20(25)29-12-19(24)22-9-8-13-11-23-17-5-3-2-4-15(13)17/h2-7,10-11,23H,8-9,12H2,1H3,(H,22,24)(H2,21,26,27). The van der Waals surface area contributed by atoms with E-state index >= 15 is 0 Å². The van der Waals surface area contributed by atoms with Gasteiger partial charge in [-0.2, -0.15) is 0 Å². The molecule has 0 saturated carbocycles. The predicted octanol–water partition coefficient (Wildman–Crippen LogP) is 1.34. The van der Waals surface area contributed by atoms with Gasteiger partial charge < -0.3 is 19.8 Å². The van der Waals surface area contributed by atoms with Crippen molar-refractivity contribution >= 4 is 32.8 Å². The molecule has 158 valence electrons. The van der Waals surface area contributed by atoms with Gasteiger partial charge in [-0.05, 0) is 36.2 Å². The van der Waals surface area contributed by atoms with E-state index in [1.807, 2.05) is 30.5 Å². The van der Waals surface area contributed by atoms with Crippen LogP contribution in [0.1, 0.15) is 15.9 Å². The number of methoxy groups -OCH3 is 1. The average molecular weight is 431 g/mol. The van der Waals surface area contributed by atoms with Gasteiger partial charge in [0, 0.05) is 23.6 Å². The maximum atomic E-state index is 12.3. The van der Waals surface area contributed by atoms with Crippen molar-refractivity contribution in [1.29, 1.82) is 0 Å². The molecule has 0 unspecified atom stereocenters. The molecule has 0 bridgehead atoms. The highest BCUT2D eigenvalue weighted by Gasteiger charge is 2.19. The number of carbonyl (C=O) groups excluding carboxylic acids is 2. The van der Waals surface area contributed by atoms with Crippen LogP contribution in [0.25, 0.3) is 10.9 Å². The van der Waals surface area contributed by atoms with Gasteiger partial charge in [0.25, 0.3) is 5.91 Å². The number of benzene rings is 2. The molecule has 0 aliphatic carbocycles. The Labute approximate surface area is 173 Å². The third-order valence-corrected chi connectivity index (χ3v) is 5.36. The third-order valence-electron chi connectivity index (χ3n) is 4.45. The predicted molar refractivity (Wildman–Crippen MR) is 110 cm³/mol. The van der Waals surface area contributed by atoms with E-state index in [1.165, 1.54) is 19.2 Å². The van der Waals surface area contributed by atoms with E-state index in [0.717, 1.165) is 22.5 Å². The largest absolute Gasteiger partial charge is 0.496 e. The first-order valence-corrected chi connectivity index (χ1v) is 10.5. The average Bonchev–Trinajstić information content (AvgIpc) is 3.14. The number of nitrogens with one attached hydrogen (secondary N) is 2. The molecule has 3 aromatic rings. The number of fused-ring (bicyclic) bond motifs is 1. The van der Waals surface area contributed by atoms with Crippen molar-refractivity contribution < 1.29 is 27.5 Å². The number of rotatable bonds is 8. The molecule has 9 nitrogen and oxygen atoms in total. The number of sulfonamides is 1. The Bertz CT molecular complexity index is 1190. The normalized spacial score (nSPS) is 11.3. The van der Waals surface area contributed by atoms with Gasteiger partial charge in [-0.15, -0.1) is 0 Å². The molecule has 3 rings (SSSR count). The lowest BCUT2D eigenvalue weighted by Gasteiger charge is -2.10. The van der Waals surface area contributed by atoms with E-state index in [2.05, 4.69) is 10.3 Å². The minimum atomic E-state index is -4.01. The third kappa shape index (κ3) is 4.97. The van der Waals surface area contributed by atoms with Crippen molar-refractivity contribution in [2.45, 2.75) is 11.3 Å². The number of H-pyrrole nitrogens is 1. The van der Waals surface area contributed by atoms with Crippen LogP contribution in [0.5, 0.6) is 5.75 Å². The van der Waals surface area contributed by atoms with Gasteiger partial charge in [0.2, 0.25) is 10.0 Å². The second kappa shape index (κ2) is 8.97. The molecule has 0 fully saturated rings. The summed E-state index contributed by atoms with van der Waals surface area (Å²) in [5.41, 5.74) is 1.94. The molecule has 0 aliphatic rings. The number of hydrogen-bond donors (Lipinski definition) is 3. The van der Waals surface area contributed by atoms with Crippen molar-refractivity contribution in [3.8, 4) is 5.75 Å². The van der Waals surface area contributed by atoms with Crippen LogP contribution in [0.2, 0.25) is 0 Å². The Morgan fingerprint density at radius 2 is 1.93 bits per heavy atom. The maximum Gasteiger partial charge on any atom is 0.342 e. The number of amides is 1. The molecule has 0 atom stereocenters. The molecule has 0 saturated heterocycles. The van der Waals surface area contributed by atoms with Crippen molar-refractivity contribution in [1.82, 2.24) is 10.3 Å². The summed E-state index contributed by atoms with van der Waals surface area (Å²) in [5.74, 6) is -1.28. The second-order valence-electron chi connectivity index (χ2n) is 6.44.